The number of ether oxygens (including phenoxy) is 1. The molecule has 0 fully saturated rings. The van der Waals surface area contributed by atoms with Crippen molar-refractivity contribution in [2.45, 2.75) is 71.7 Å². The normalized spacial score (nSPS) is 13.3. The third-order valence-electron chi connectivity index (χ3n) is 3.88. The van der Waals surface area contributed by atoms with E-state index >= 15 is 0 Å². The second kappa shape index (κ2) is 6.85. The highest BCUT2D eigenvalue weighted by atomic mass is 32.1. The van der Waals surface area contributed by atoms with Gasteiger partial charge in [0.1, 0.15) is 10.5 Å². The quantitative estimate of drug-likeness (QED) is 0.540. The maximum atomic E-state index is 12.0. The van der Waals surface area contributed by atoms with Gasteiger partial charge in [-0.2, -0.15) is 0 Å². The van der Waals surface area contributed by atoms with Crippen LogP contribution in [0.2, 0.25) is 18.1 Å². The molecule has 0 aliphatic carbocycles. The van der Waals surface area contributed by atoms with Gasteiger partial charge in [-0.3, -0.25) is 0 Å². The van der Waals surface area contributed by atoms with Gasteiger partial charge in [0, 0.05) is 17.9 Å². The standard InChI is InChI=1S/C17H30O3SSi/c1-16(2,3)20-15(18)14-10-9-13(21-14)11-12-19-22(7,8)17(4,5)6/h9-10H,11-12H2,1-8H3. The van der Waals surface area contributed by atoms with Crippen molar-refractivity contribution in [1.82, 2.24) is 0 Å². The third-order valence-corrected chi connectivity index (χ3v) is 9.54. The number of rotatable bonds is 5. The molecular weight excluding hydrogens is 312 g/mol. The smallest absolute Gasteiger partial charge is 0.348 e. The number of hydrogen-bond donors (Lipinski definition) is 0. The SMILES string of the molecule is CC(C)(C)OC(=O)c1ccc(CCO[Si](C)(C)C(C)(C)C)s1. The molecule has 0 saturated carbocycles. The van der Waals surface area contributed by atoms with E-state index in [9.17, 15) is 4.79 Å². The number of hydrogen-bond acceptors (Lipinski definition) is 4. The van der Waals surface area contributed by atoms with Crippen molar-refractivity contribution in [3.05, 3.63) is 21.9 Å². The van der Waals surface area contributed by atoms with Gasteiger partial charge in [-0.1, -0.05) is 20.8 Å². The molecule has 3 nitrogen and oxygen atoms in total. The summed E-state index contributed by atoms with van der Waals surface area (Å²) in [5, 5.41) is 0.226. The summed E-state index contributed by atoms with van der Waals surface area (Å²) >= 11 is 1.50. The Bertz CT molecular complexity index is 507. The molecule has 0 aliphatic rings. The monoisotopic (exact) mass is 342 g/mol. The molecule has 0 aromatic carbocycles. The van der Waals surface area contributed by atoms with Crippen molar-refractivity contribution in [2.75, 3.05) is 6.61 Å². The lowest BCUT2D eigenvalue weighted by molar-refractivity contribution is 0.00752. The molecular formula is C17H30O3SSi. The zero-order valence-corrected chi connectivity index (χ0v) is 17.0. The predicted octanol–water partition coefficient (Wildman–Crippen LogP) is 5.27. The van der Waals surface area contributed by atoms with Gasteiger partial charge in [-0.25, -0.2) is 4.79 Å². The van der Waals surface area contributed by atoms with Crippen LogP contribution in [0.5, 0.6) is 0 Å². The van der Waals surface area contributed by atoms with E-state index < -0.39 is 13.9 Å². The summed E-state index contributed by atoms with van der Waals surface area (Å²) in [6.45, 7) is 17.6. The Balaban J connectivity index is 2.55. The largest absolute Gasteiger partial charge is 0.456 e. The Labute approximate surface area is 140 Å². The molecule has 0 N–H and O–H groups in total. The molecule has 0 spiro atoms. The summed E-state index contributed by atoms with van der Waals surface area (Å²) < 4.78 is 11.6. The third kappa shape index (κ3) is 5.86. The Kier molecular flexibility index (Phi) is 6.04. The van der Waals surface area contributed by atoms with E-state index in [4.69, 9.17) is 9.16 Å². The van der Waals surface area contributed by atoms with Crippen LogP contribution in [0.4, 0.5) is 0 Å². The number of esters is 1. The van der Waals surface area contributed by atoms with Gasteiger partial charge < -0.3 is 9.16 Å². The van der Waals surface area contributed by atoms with Crippen LogP contribution in [-0.4, -0.2) is 26.5 Å². The van der Waals surface area contributed by atoms with Gasteiger partial charge in [0.2, 0.25) is 0 Å². The zero-order valence-electron chi connectivity index (χ0n) is 15.2. The summed E-state index contributed by atoms with van der Waals surface area (Å²) in [6.07, 6.45) is 0.847. The highest BCUT2D eigenvalue weighted by Crippen LogP contribution is 2.36. The van der Waals surface area contributed by atoms with Crippen LogP contribution in [-0.2, 0) is 15.6 Å². The van der Waals surface area contributed by atoms with Crippen LogP contribution < -0.4 is 0 Å². The average molecular weight is 343 g/mol. The first-order chi connectivity index (χ1) is 9.82. The minimum atomic E-state index is -1.69. The van der Waals surface area contributed by atoms with E-state index in [1.165, 1.54) is 16.2 Å². The first kappa shape index (κ1) is 19.4. The van der Waals surface area contributed by atoms with Crippen molar-refractivity contribution in [3.63, 3.8) is 0 Å². The molecule has 1 aromatic rings. The summed E-state index contributed by atoms with van der Waals surface area (Å²) in [4.78, 5) is 13.8. The van der Waals surface area contributed by atoms with Crippen LogP contribution in [0, 0.1) is 0 Å². The molecule has 0 amide bonds. The Morgan fingerprint density at radius 1 is 1.14 bits per heavy atom. The number of carbonyl (C=O) groups is 1. The van der Waals surface area contributed by atoms with Crippen molar-refractivity contribution in [3.8, 4) is 0 Å². The van der Waals surface area contributed by atoms with Crippen LogP contribution in [0.1, 0.15) is 56.1 Å². The van der Waals surface area contributed by atoms with Gasteiger partial charge >= 0.3 is 5.97 Å². The Hall–Kier alpha value is -0.653. The van der Waals surface area contributed by atoms with Gasteiger partial charge in [0.25, 0.3) is 0 Å². The molecule has 0 unspecified atom stereocenters. The second-order valence-electron chi connectivity index (χ2n) is 8.13. The van der Waals surface area contributed by atoms with Gasteiger partial charge in [-0.15, -0.1) is 11.3 Å². The minimum absolute atomic E-state index is 0.226. The van der Waals surface area contributed by atoms with Crippen molar-refractivity contribution in [2.24, 2.45) is 0 Å². The molecule has 1 heterocycles. The second-order valence-corrected chi connectivity index (χ2v) is 14.1. The topological polar surface area (TPSA) is 35.5 Å². The fourth-order valence-electron chi connectivity index (χ4n) is 1.57. The van der Waals surface area contributed by atoms with E-state index in [1.54, 1.807) is 0 Å². The Morgan fingerprint density at radius 3 is 2.23 bits per heavy atom. The van der Waals surface area contributed by atoms with Crippen molar-refractivity contribution >= 4 is 25.6 Å². The van der Waals surface area contributed by atoms with Crippen LogP contribution in [0.3, 0.4) is 0 Å². The molecule has 0 saturated heterocycles. The van der Waals surface area contributed by atoms with E-state index in [1.807, 2.05) is 32.9 Å². The highest BCUT2D eigenvalue weighted by molar-refractivity contribution is 7.13. The van der Waals surface area contributed by atoms with E-state index in [-0.39, 0.29) is 11.0 Å². The summed E-state index contributed by atoms with van der Waals surface area (Å²) in [5.41, 5.74) is -0.452. The minimum Gasteiger partial charge on any atom is -0.456 e. The first-order valence-corrected chi connectivity index (χ1v) is 11.5. The van der Waals surface area contributed by atoms with Crippen molar-refractivity contribution in [1.29, 1.82) is 0 Å². The maximum absolute atomic E-state index is 12.0. The van der Waals surface area contributed by atoms with Crippen molar-refractivity contribution < 1.29 is 14.0 Å². The van der Waals surface area contributed by atoms with Crippen LogP contribution in [0.25, 0.3) is 0 Å². The molecule has 1 aromatic heterocycles. The highest BCUT2D eigenvalue weighted by Gasteiger charge is 2.36. The molecule has 5 heteroatoms. The molecule has 0 bridgehead atoms. The average Bonchev–Trinajstić information content (AvgIpc) is 2.73. The van der Waals surface area contributed by atoms with Crippen LogP contribution in [0.15, 0.2) is 12.1 Å². The predicted molar refractivity (Wildman–Crippen MR) is 96.3 cm³/mol. The van der Waals surface area contributed by atoms with E-state index in [2.05, 4.69) is 33.9 Å². The molecule has 0 radical (unpaired) electrons. The number of carbonyl (C=O) groups excluding carboxylic acids is 1. The van der Waals surface area contributed by atoms with Gasteiger partial charge in [-0.05, 0) is 51.0 Å². The van der Waals surface area contributed by atoms with Crippen LogP contribution >= 0.6 is 11.3 Å². The molecule has 126 valence electrons. The van der Waals surface area contributed by atoms with E-state index in [0.29, 0.717) is 11.5 Å². The number of thiophene rings is 1. The fourth-order valence-corrected chi connectivity index (χ4v) is 3.48. The van der Waals surface area contributed by atoms with E-state index in [0.717, 1.165) is 6.42 Å². The molecule has 0 atom stereocenters. The summed E-state index contributed by atoms with van der Waals surface area (Å²) in [6, 6.07) is 3.85. The molecule has 0 aliphatic heterocycles. The summed E-state index contributed by atoms with van der Waals surface area (Å²) in [5.74, 6) is -0.242. The molecule has 1 rings (SSSR count). The van der Waals surface area contributed by atoms with Gasteiger partial charge in [0.15, 0.2) is 8.32 Å². The van der Waals surface area contributed by atoms with Gasteiger partial charge in [0.05, 0.1) is 0 Å². The molecule has 22 heavy (non-hydrogen) atoms. The lowest BCUT2D eigenvalue weighted by Gasteiger charge is -2.36. The first-order valence-electron chi connectivity index (χ1n) is 7.78. The zero-order chi connectivity index (χ0) is 17.2. The maximum Gasteiger partial charge on any atom is 0.348 e. The lowest BCUT2D eigenvalue weighted by atomic mass is 10.2. The fraction of sp³-hybridized carbons (Fsp3) is 0.706. The lowest BCUT2D eigenvalue weighted by Crippen LogP contribution is -2.41. The Morgan fingerprint density at radius 2 is 1.73 bits per heavy atom. The summed E-state index contributed by atoms with van der Waals surface area (Å²) in [7, 11) is -1.69.